The molecule has 6 nitrogen and oxygen atoms in total. The van der Waals surface area contributed by atoms with Gasteiger partial charge in [-0.2, -0.15) is 0 Å². The van der Waals surface area contributed by atoms with E-state index >= 15 is 0 Å². The van der Waals surface area contributed by atoms with Crippen LogP contribution in [0, 0.1) is 0 Å². The third kappa shape index (κ3) is 4.61. The minimum Gasteiger partial charge on any atom is -0.476 e. The minimum absolute atomic E-state index is 0.0876. The Labute approximate surface area is 198 Å². The number of anilines is 1. The average Bonchev–Trinajstić information content (AvgIpc) is 2.86. The molecular formula is C27H24N2O4S. The van der Waals surface area contributed by atoms with Crippen LogP contribution in [0.3, 0.4) is 0 Å². The Morgan fingerprint density at radius 2 is 1.56 bits per heavy atom. The number of nitrogens with zero attached hydrogens (tertiary/aromatic N) is 1. The second-order valence-corrected chi connectivity index (χ2v) is 10.1. The van der Waals surface area contributed by atoms with Gasteiger partial charge in [-0.1, -0.05) is 78.9 Å². The van der Waals surface area contributed by atoms with Crippen LogP contribution in [0.2, 0.25) is 0 Å². The van der Waals surface area contributed by atoms with Crippen molar-refractivity contribution < 1.29 is 17.9 Å². The Bertz CT molecular complexity index is 1440. The Hall–Kier alpha value is -3.84. The van der Waals surface area contributed by atoms with Gasteiger partial charge in [0.2, 0.25) is 10.0 Å². The summed E-state index contributed by atoms with van der Waals surface area (Å²) in [5, 5.41) is 5.12. The van der Waals surface area contributed by atoms with Crippen LogP contribution in [0.1, 0.15) is 11.1 Å². The fraction of sp³-hybridized carbons (Fsp3) is 0.148. The molecule has 0 radical (unpaired) electrons. The normalized spacial score (nSPS) is 15.4. The van der Waals surface area contributed by atoms with Crippen LogP contribution in [0.15, 0.2) is 97.1 Å². The van der Waals surface area contributed by atoms with E-state index < -0.39 is 16.1 Å². The number of fused-ring (bicyclic) bond motifs is 2. The maximum absolute atomic E-state index is 13.3. The van der Waals surface area contributed by atoms with Gasteiger partial charge in [0.1, 0.15) is 5.75 Å². The Morgan fingerprint density at radius 1 is 0.853 bits per heavy atom. The number of rotatable bonds is 6. The Balaban J connectivity index is 1.34. The lowest BCUT2D eigenvalue weighted by atomic mass is 10.1. The fourth-order valence-corrected chi connectivity index (χ4v) is 5.70. The van der Waals surface area contributed by atoms with Crippen LogP contribution in [0.4, 0.5) is 5.69 Å². The van der Waals surface area contributed by atoms with Crippen molar-refractivity contribution >= 4 is 32.4 Å². The van der Waals surface area contributed by atoms with Gasteiger partial charge in [-0.3, -0.25) is 9.10 Å². The van der Waals surface area contributed by atoms with Gasteiger partial charge in [-0.05, 0) is 40.1 Å². The lowest BCUT2D eigenvalue weighted by molar-refractivity contribution is -0.127. The third-order valence-corrected chi connectivity index (χ3v) is 7.55. The number of para-hydroxylation sites is 2. The number of sulfonamides is 1. The number of carbonyl (C=O) groups excluding carboxylic acids is 1. The van der Waals surface area contributed by atoms with Gasteiger partial charge in [0.25, 0.3) is 5.91 Å². The van der Waals surface area contributed by atoms with Crippen molar-refractivity contribution in [1.29, 1.82) is 0 Å². The molecule has 4 aromatic carbocycles. The van der Waals surface area contributed by atoms with E-state index in [1.807, 2.05) is 48.5 Å². The van der Waals surface area contributed by atoms with Crippen molar-refractivity contribution in [1.82, 2.24) is 5.32 Å². The third-order valence-electron chi connectivity index (χ3n) is 5.84. The number of amides is 1. The molecule has 0 bridgehead atoms. The summed E-state index contributed by atoms with van der Waals surface area (Å²) in [6, 6.07) is 29.9. The highest BCUT2D eigenvalue weighted by atomic mass is 32.2. The molecule has 0 fully saturated rings. The molecule has 1 heterocycles. The van der Waals surface area contributed by atoms with Crippen molar-refractivity contribution in [3.8, 4) is 5.75 Å². The van der Waals surface area contributed by atoms with Crippen LogP contribution in [0.25, 0.3) is 10.8 Å². The smallest absolute Gasteiger partial charge is 0.263 e. The summed E-state index contributed by atoms with van der Waals surface area (Å²) in [6.07, 6.45) is -0.957. The molecule has 172 valence electrons. The van der Waals surface area contributed by atoms with Crippen molar-refractivity contribution in [3.63, 3.8) is 0 Å². The second kappa shape index (κ2) is 9.19. The van der Waals surface area contributed by atoms with Gasteiger partial charge >= 0.3 is 0 Å². The molecule has 1 N–H and O–H groups in total. The summed E-state index contributed by atoms with van der Waals surface area (Å²) in [5.41, 5.74) is 2.08. The molecule has 1 aliphatic heterocycles. The molecule has 4 aromatic rings. The molecular weight excluding hydrogens is 448 g/mol. The largest absolute Gasteiger partial charge is 0.476 e. The topological polar surface area (TPSA) is 75.7 Å². The summed E-state index contributed by atoms with van der Waals surface area (Å²) in [6.45, 7) is 0.234. The zero-order valence-electron chi connectivity index (χ0n) is 18.4. The summed E-state index contributed by atoms with van der Waals surface area (Å²) >= 11 is 0. The van der Waals surface area contributed by atoms with Crippen molar-refractivity contribution in [3.05, 3.63) is 108 Å². The van der Waals surface area contributed by atoms with E-state index in [9.17, 15) is 13.2 Å². The number of nitrogens with one attached hydrogen (secondary N) is 1. The highest BCUT2D eigenvalue weighted by Crippen LogP contribution is 2.35. The van der Waals surface area contributed by atoms with E-state index in [4.69, 9.17) is 4.74 Å². The first-order chi connectivity index (χ1) is 16.5. The predicted octanol–water partition coefficient (Wildman–Crippen LogP) is 4.25. The first-order valence-electron chi connectivity index (χ1n) is 11.0. The van der Waals surface area contributed by atoms with Crippen LogP contribution >= 0.6 is 0 Å². The zero-order valence-corrected chi connectivity index (χ0v) is 19.2. The molecule has 0 saturated heterocycles. The van der Waals surface area contributed by atoms with E-state index in [0.717, 1.165) is 16.3 Å². The number of ether oxygens (including phenoxy) is 1. The lowest BCUT2D eigenvalue weighted by Crippen LogP contribution is -2.50. The van der Waals surface area contributed by atoms with Crippen LogP contribution < -0.4 is 14.4 Å². The zero-order chi connectivity index (χ0) is 23.5. The van der Waals surface area contributed by atoms with E-state index in [-0.39, 0.29) is 18.2 Å². The average molecular weight is 473 g/mol. The lowest BCUT2D eigenvalue weighted by Gasteiger charge is -2.34. The van der Waals surface area contributed by atoms with Gasteiger partial charge in [-0.25, -0.2) is 8.42 Å². The van der Waals surface area contributed by atoms with Crippen LogP contribution in [-0.4, -0.2) is 27.0 Å². The van der Waals surface area contributed by atoms with E-state index in [1.165, 1.54) is 4.31 Å². The standard InChI is InChI=1S/C27H24N2O4S/c30-27(28-17-21-14-15-22-10-4-5-11-23(22)16-21)26-18-29(24-12-6-7-13-25(24)33-26)34(31,32)19-20-8-2-1-3-9-20/h1-16,26H,17-19H2,(H,28,30)/t26-/m1/s1. The summed E-state index contributed by atoms with van der Waals surface area (Å²) in [4.78, 5) is 13.0. The molecule has 5 rings (SSSR count). The summed E-state index contributed by atoms with van der Waals surface area (Å²) in [7, 11) is -3.73. The number of benzene rings is 4. The molecule has 0 saturated carbocycles. The maximum atomic E-state index is 13.3. The highest BCUT2D eigenvalue weighted by molar-refractivity contribution is 7.92. The maximum Gasteiger partial charge on any atom is 0.263 e. The summed E-state index contributed by atoms with van der Waals surface area (Å²) < 4.78 is 33.9. The van der Waals surface area contributed by atoms with Crippen LogP contribution in [0.5, 0.6) is 5.75 Å². The van der Waals surface area contributed by atoms with E-state index in [2.05, 4.69) is 5.32 Å². The van der Waals surface area contributed by atoms with E-state index in [0.29, 0.717) is 23.5 Å². The minimum atomic E-state index is -3.73. The highest BCUT2D eigenvalue weighted by Gasteiger charge is 2.36. The van der Waals surface area contributed by atoms with Gasteiger partial charge < -0.3 is 10.1 Å². The van der Waals surface area contributed by atoms with Gasteiger partial charge in [0.05, 0.1) is 18.0 Å². The molecule has 7 heteroatoms. The first-order valence-corrected chi connectivity index (χ1v) is 12.7. The van der Waals surface area contributed by atoms with E-state index in [1.54, 1.807) is 48.5 Å². The molecule has 0 unspecified atom stereocenters. The van der Waals surface area contributed by atoms with Crippen molar-refractivity contribution in [2.45, 2.75) is 18.4 Å². The first kappa shape index (κ1) is 22.0. The molecule has 34 heavy (non-hydrogen) atoms. The SMILES string of the molecule is O=C(NCc1ccc2ccccc2c1)[C@H]1CN(S(=O)(=O)Cc2ccccc2)c2ccccc2O1. The Morgan fingerprint density at radius 3 is 2.38 bits per heavy atom. The number of carbonyl (C=O) groups is 1. The Kier molecular flexibility index (Phi) is 5.94. The predicted molar refractivity (Wildman–Crippen MR) is 133 cm³/mol. The fourth-order valence-electron chi connectivity index (χ4n) is 4.12. The molecule has 1 aliphatic rings. The molecule has 0 aromatic heterocycles. The number of hydrogen-bond acceptors (Lipinski definition) is 4. The van der Waals surface area contributed by atoms with Gasteiger partial charge in [-0.15, -0.1) is 0 Å². The quantitative estimate of drug-likeness (QED) is 0.455. The monoisotopic (exact) mass is 472 g/mol. The molecule has 1 amide bonds. The van der Waals surface area contributed by atoms with Gasteiger partial charge in [0.15, 0.2) is 6.10 Å². The number of hydrogen-bond donors (Lipinski definition) is 1. The molecule has 0 spiro atoms. The van der Waals surface area contributed by atoms with Crippen LogP contribution in [-0.2, 0) is 27.1 Å². The van der Waals surface area contributed by atoms with Gasteiger partial charge in [0, 0.05) is 6.54 Å². The molecule has 0 aliphatic carbocycles. The summed E-state index contributed by atoms with van der Waals surface area (Å²) in [5.74, 6) is -0.146. The van der Waals surface area contributed by atoms with Crippen molar-refractivity contribution in [2.75, 3.05) is 10.8 Å². The molecule has 1 atom stereocenters. The van der Waals surface area contributed by atoms with Crippen molar-refractivity contribution in [2.24, 2.45) is 0 Å². The second-order valence-electron chi connectivity index (χ2n) is 8.25.